The van der Waals surface area contributed by atoms with E-state index in [4.69, 9.17) is 30.7 Å². The van der Waals surface area contributed by atoms with Crippen LogP contribution in [-0.2, 0) is 16.1 Å². The minimum Gasteiger partial charge on any atom is -0.494 e. The normalized spacial score (nSPS) is 11.9. The van der Waals surface area contributed by atoms with Gasteiger partial charge >= 0.3 is 6.09 Å². The minimum atomic E-state index is -0.756. The van der Waals surface area contributed by atoms with Crippen LogP contribution in [0.1, 0.15) is 59.7 Å². The van der Waals surface area contributed by atoms with E-state index < -0.39 is 11.7 Å². The molecule has 0 aliphatic heterocycles. The molecule has 0 spiro atoms. The molecule has 0 unspecified atom stereocenters. The van der Waals surface area contributed by atoms with Crippen LogP contribution in [0.5, 0.6) is 5.75 Å². The summed E-state index contributed by atoms with van der Waals surface area (Å²) in [6.07, 6.45) is 1.59. The zero-order chi connectivity index (χ0) is 24.9. The van der Waals surface area contributed by atoms with Gasteiger partial charge in [-0.15, -0.1) is 0 Å². The van der Waals surface area contributed by atoms with Gasteiger partial charge in [-0.1, -0.05) is 0 Å². The zero-order valence-electron chi connectivity index (χ0n) is 20.7. The number of carbonyl (C=O) groups is 1. The summed E-state index contributed by atoms with van der Waals surface area (Å²) in [6.45, 7) is 11.3. The molecule has 5 N–H and O–H groups in total. The Morgan fingerprint density at radius 1 is 1.24 bits per heavy atom. The van der Waals surface area contributed by atoms with Crippen molar-refractivity contribution in [3.8, 4) is 5.75 Å². The number of hydrogen-bond acceptors (Lipinski definition) is 8. The molecule has 3 rings (SSSR count). The Bertz CT molecular complexity index is 1140. The third-order valence-corrected chi connectivity index (χ3v) is 5.30. The van der Waals surface area contributed by atoms with Gasteiger partial charge in [0.2, 0.25) is 0 Å². The number of nitrogens with one attached hydrogen (secondary N) is 1. The van der Waals surface area contributed by atoms with Gasteiger partial charge in [-0.3, -0.25) is 0 Å². The average molecular weight is 473 g/mol. The van der Waals surface area contributed by atoms with Crippen molar-refractivity contribution in [1.29, 1.82) is 0 Å². The van der Waals surface area contributed by atoms with Crippen molar-refractivity contribution in [1.82, 2.24) is 14.6 Å². The maximum Gasteiger partial charge on any atom is 0.405 e. The number of primary amides is 1. The van der Waals surface area contributed by atoms with Crippen LogP contribution in [0.15, 0.2) is 18.2 Å². The lowest BCUT2D eigenvalue weighted by Crippen LogP contribution is -2.31. The third kappa shape index (κ3) is 6.19. The van der Waals surface area contributed by atoms with Crippen molar-refractivity contribution in [3.05, 3.63) is 24.0 Å². The van der Waals surface area contributed by atoms with Gasteiger partial charge in [-0.25, -0.2) is 19.4 Å². The molecule has 10 nitrogen and oxygen atoms in total. The van der Waals surface area contributed by atoms with Gasteiger partial charge in [0, 0.05) is 24.1 Å². The Morgan fingerprint density at radius 2 is 2.00 bits per heavy atom. The third-order valence-electron chi connectivity index (χ3n) is 5.30. The van der Waals surface area contributed by atoms with Crippen LogP contribution in [0.4, 0.5) is 10.6 Å². The highest BCUT2D eigenvalue weighted by Gasteiger charge is 2.21. The molecule has 2 aromatic heterocycles. The second-order valence-corrected chi connectivity index (χ2v) is 9.14. The Labute approximate surface area is 199 Å². The molecule has 2 heterocycles. The van der Waals surface area contributed by atoms with Crippen molar-refractivity contribution in [2.45, 2.75) is 72.1 Å². The number of anilines is 1. The number of hydrogen-bond donors (Lipinski definition) is 3. The van der Waals surface area contributed by atoms with Crippen LogP contribution in [0.2, 0.25) is 0 Å². The highest BCUT2D eigenvalue weighted by molar-refractivity contribution is 6.07. The smallest absolute Gasteiger partial charge is 0.405 e. The number of nitrogen functional groups attached to an aromatic ring is 1. The van der Waals surface area contributed by atoms with Gasteiger partial charge < -0.3 is 31.1 Å². The topological polar surface area (TPSA) is 140 Å². The number of unbranched alkanes of at least 4 members (excludes halogenated alkanes) is 1. The molecular formula is C24H36N6O4. The minimum absolute atomic E-state index is 0.183. The molecule has 34 heavy (non-hydrogen) atoms. The predicted molar refractivity (Wildman–Crippen MR) is 133 cm³/mol. The van der Waals surface area contributed by atoms with E-state index in [0.29, 0.717) is 43.3 Å². The van der Waals surface area contributed by atoms with E-state index in [2.05, 4.69) is 24.3 Å². The van der Waals surface area contributed by atoms with Crippen molar-refractivity contribution in [2.24, 2.45) is 5.73 Å². The number of ether oxygens (including phenoxy) is 3. The van der Waals surface area contributed by atoms with E-state index in [9.17, 15) is 4.79 Å². The lowest BCUT2D eigenvalue weighted by atomic mass is 10.0. The SMILES string of the molecule is CCOCc1nc2c(N)nc3cc(OCCCCC(C)(C)OC(N)=O)ccc3c2n1NC(C)C. The quantitative estimate of drug-likeness (QED) is 0.335. The molecule has 0 bridgehead atoms. The second kappa shape index (κ2) is 10.8. The van der Waals surface area contributed by atoms with Crippen molar-refractivity contribution >= 4 is 33.8 Å². The fourth-order valence-corrected chi connectivity index (χ4v) is 3.82. The van der Waals surface area contributed by atoms with Crippen molar-refractivity contribution in [2.75, 3.05) is 24.4 Å². The van der Waals surface area contributed by atoms with E-state index in [1.165, 1.54) is 0 Å². The summed E-state index contributed by atoms with van der Waals surface area (Å²) in [5, 5.41) is 0.922. The molecular weight excluding hydrogens is 436 g/mol. The largest absolute Gasteiger partial charge is 0.494 e. The van der Waals surface area contributed by atoms with Crippen LogP contribution in [-0.4, -0.2) is 45.6 Å². The highest BCUT2D eigenvalue weighted by Crippen LogP contribution is 2.31. The van der Waals surface area contributed by atoms with Crippen molar-refractivity contribution in [3.63, 3.8) is 0 Å². The van der Waals surface area contributed by atoms with Gasteiger partial charge in [0.05, 0.1) is 12.1 Å². The monoisotopic (exact) mass is 472 g/mol. The molecule has 0 fully saturated rings. The van der Waals surface area contributed by atoms with Gasteiger partial charge in [0.25, 0.3) is 0 Å². The standard InChI is InChI=1S/C24H36N6O4/c1-6-32-14-19-28-20-21(30(19)29-15(2)3)17-10-9-16(13-18(17)27-22(20)25)33-12-8-7-11-24(4,5)34-23(26)31/h9-10,13,15,29H,6-8,11-12,14H2,1-5H3,(H2,25,27)(H2,26,31). The zero-order valence-corrected chi connectivity index (χ0v) is 20.7. The average Bonchev–Trinajstić information content (AvgIpc) is 3.09. The molecule has 0 aliphatic carbocycles. The highest BCUT2D eigenvalue weighted by atomic mass is 16.6. The molecule has 0 radical (unpaired) electrons. The summed E-state index contributed by atoms with van der Waals surface area (Å²) >= 11 is 0. The summed E-state index contributed by atoms with van der Waals surface area (Å²) in [6, 6.07) is 5.98. The van der Waals surface area contributed by atoms with Gasteiger partial charge in [-0.05, 0) is 66.0 Å². The molecule has 1 amide bonds. The fraction of sp³-hybridized carbons (Fsp3) is 0.542. The van der Waals surface area contributed by atoms with Gasteiger partial charge in [0.15, 0.2) is 11.6 Å². The molecule has 10 heteroatoms. The number of nitrogens with zero attached hydrogens (tertiary/aromatic N) is 3. The van der Waals surface area contributed by atoms with Gasteiger partial charge in [-0.2, -0.15) is 0 Å². The first-order valence-electron chi connectivity index (χ1n) is 11.7. The van der Waals surface area contributed by atoms with Crippen LogP contribution in [0.25, 0.3) is 21.9 Å². The first-order valence-corrected chi connectivity index (χ1v) is 11.7. The summed E-state index contributed by atoms with van der Waals surface area (Å²) in [7, 11) is 0. The van der Waals surface area contributed by atoms with E-state index in [1.807, 2.05) is 43.6 Å². The fourth-order valence-electron chi connectivity index (χ4n) is 3.82. The van der Waals surface area contributed by atoms with E-state index in [0.717, 1.165) is 35.1 Å². The maximum atomic E-state index is 11.0. The lowest BCUT2D eigenvalue weighted by molar-refractivity contribution is 0.0366. The maximum absolute atomic E-state index is 11.0. The first-order chi connectivity index (χ1) is 16.1. The summed E-state index contributed by atoms with van der Waals surface area (Å²) < 4.78 is 18.6. The Hall–Kier alpha value is -3.27. The molecule has 186 valence electrons. The number of carbonyl (C=O) groups excluding carboxylic acids is 1. The summed E-state index contributed by atoms with van der Waals surface area (Å²) in [5.74, 6) is 1.82. The molecule has 0 aliphatic rings. The number of imidazole rings is 1. The number of aromatic nitrogens is 3. The number of nitrogens with two attached hydrogens (primary N) is 2. The predicted octanol–water partition coefficient (Wildman–Crippen LogP) is 4.08. The number of pyridine rings is 1. The van der Waals surface area contributed by atoms with Crippen LogP contribution in [0, 0.1) is 0 Å². The lowest BCUT2D eigenvalue weighted by Gasteiger charge is -2.23. The van der Waals surface area contributed by atoms with Crippen LogP contribution >= 0.6 is 0 Å². The molecule has 1 aromatic carbocycles. The summed E-state index contributed by atoms with van der Waals surface area (Å²) in [4.78, 5) is 20.2. The summed E-state index contributed by atoms with van der Waals surface area (Å²) in [5.41, 5.74) is 16.5. The van der Waals surface area contributed by atoms with E-state index >= 15 is 0 Å². The Balaban J connectivity index is 1.78. The van der Waals surface area contributed by atoms with E-state index in [1.54, 1.807) is 0 Å². The molecule has 3 aromatic rings. The van der Waals surface area contributed by atoms with Crippen LogP contribution < -0.4 is 21.6 Å². The number of rotatable bonds is 12. The van der Waals surface area contributed by atoms with E-state index in [-0.39, 0.29) is 6.04 Å². The van der Waals surface area contributed by atoms with Gasteiger partial charge in [0.1, 0.15) is 29.0 Å². The van der Waals surface area contributed by atoms with Crippen molar-refractivity contribution < 1.29 is 19.0 Å². The number of benzene rings is 1. The van der Waals surface area contributed by atoms with Crippen LogP contribution in [0.3, 0.4) is 0 Å². The molecule has 0 atom stereocenters. The number of amides is 1. The second-order valence-electron chi connectivity index (χ2n) is 9.14. The molecule has 0 saturated heterocycles. The Morgan fingerprint density at radius 3 is 2.68 bits per heavy atom. The number of fused-ring (bicyclic) bond motifs is 3. The molecule has 0 saturated carbocycles. The Kier molecular flexibility index (Phi) is 8.03. The first kappa shape index (κ1) is 25.4.